The maximum absolute atomic E-state index is 13.2. The molecule has 2 aromatic rings. The van der Waals surface area contributed by atoms with Crippen molar-refractivity contribution >= 4 is 11.5 Å². The van der Waals surface area contributed by atoms with Crippen molar-refractivity contribution < 1.29 is 17.6 Å². The summed E-state index contributed by atoms with van der Waals surface area (Å²) in [5.41, 5.74) is 0.616. The van der Waals surface area contributed by atoms with Gasteiger partial charge in [0.25, 0.3) is 0 Å². The van der Waals surface area contributed by atoms with Gasteiger partial charge in [-0.3, -0.25) is 5.10 Å². The summed E-state index contributed by atoms with van der Waals surface area (Å²) < 4.78 is 52.6. The number of halogens is 4. The Morgan fingerprint density at radius 3 is 2.77 bits per heavy atom. The number of alkyl halides is 3. The largest absolute Gasteiger partial charge is 0.418 e. The van der Waals surface area contributed by atoms with E-state index in [0.717, 1.165) is 29.9 Å². The number of benzene rings is 1. The third-order valence-corrected chi connectivity index (χ3v) is 3.73. The molecular formula is C14H14F4N4. The van der Waals surface area contributed by atoms with E-state index in [1.165, 1.54) is 11.9 Å². The van der Waals surface area contributed by atoms with Gasteiger partial charge in [-0.25, -0.2) is 4.39 Å². The fourth-order valence-electron chi connectivity index (χ4n) is 2.65. The number of nitrogens with one attached hydrogen (secondary N) is 2. The Hall–Kier alpha value is -2.09. The molecule has 0 fully saturated rings. The number of fused-ring (bicyclic) bond motifs is 1. The van der Waals surface area contributed by atoms with Crippen molar-refractivity contribution in [1.29, 1.82) is 0 Å². The minimum Gasteiger partial charge on any atom is -0.327 e. The first-order chi connectivity index (χ1) is 10.4. The molecule has 2 N–H and O–H groups in total. The van der Waals surface area contributed by atoms with E-state index >= 15 is 0 Å². The zero-order valence-corrected chi connectivity index (χ0v) is 11.8. The van der Waals surface area contributed by atoms with E-state index < -0.39 is 17.6 Å². The lowest BCUT2D eigenvalue weighted by molar-refractivity contribution is -0.137. The van der Waals surface area contributed by atoms with Crippen LogP contribution in [0.15, 0.2) is 18.2 Å². The Morgan fingerprint density at radius 2 is 2.05 bits per heavy atom. The van der Waals surface area contributed by atoms with Gasteiger partial charge in [-0.2, -0.15) is 18.3 Å². The van der Waals surface area contributed by atoms with Crippen molar-refractivity contribution in [2.24, 2.45) is 0 Å². The van der Waals surface area contributed by atoms with Crippen LogP contribution in [0.3, 0.4) is 0 Å². The standard InChI is InChI=1S/C14H14F4N4/c1-22(13-9-4-5-19-7-11(9)20-21-13)12-3-2-8(15)6-10(12)14(16,17)18/h2-3,6,19H,4-5,7H2,1H3,(H,20,21). The number of hydrogen-bond donors (Lipinski definition) is 2. The van der Waals surface area contributed by atoms with Crippen LogP contribution in [0.5, 0.6) is 0 Å². The Morgan fingerprint density at radius 1 is 1.27 bits per heavy atom. The van der Waals surface area contributed by atoms with Gasteiger partial charge in [0, 0.05) is 19.2 Å². The van der Waals surface area contributed by atoms with Crippen LogP contribution in [-0.4, -0.2) is 23.8 Å². The second kappa shape index (κ2) is 5.28. The van der Waals surface area contributed by atoms with Crippen molar-refractivity contribution in [1.82, 2.24) is 15.5 Å². The highest BCUT2D eigenvalue weighted by atomic mass is 19.4. The Balaban J connectivity index is 2.06. The first-order valence-corrected chi connectivity index (χ1v) is 6.75. The number of H-pyrrole nitrogens is 1. The summed E-state index contributed by atoms with van der Waals surface area (Å²) in [6.07, 6.45) is -3.96. The predicted octanol–water partition coefficient (Wildman–Crippen LogP) is 2.98. The number of nitrogens with zero attached hydrogens (tertiary/aromatic N) is 2. The average molecular weight is 314 g/mol. The highest BCUT2D eigenvalue weighted by Gasteiger charge is 2.36. The van der Waals surface area contributed by atoms with Gasteiger partial charge in [-0.1, -0.05) is 0 Å². The lowest BCUT2D eigenvalue weighted by atomic mass is 10.1. The van der Waals surface area contributed by atoms with Crippen molar-refractivity contribution in [3.05, 3.63) is 40.8 Å². The summed E-state index contributed by atoms with van der Waals surface area (Å²) in [7, 11) is 1.50. The summed E-state index contributed by atoms with van der Waals surface area (Å²) >= 11 is 0. The molecule has 1 aliphatic heterocycles. The molecule has 0 amide bonds. The van der Waals surface area contributed by atoms with Crippen LogP contribution in [0.2, 0.25) is 0 Å². The van der Waals surface area contributed by atoms with Crippen molar-refractivity contribution in [3.8, 4) is 0 Å². The highest BCUT2D eigenvalue weighted by molar-refractivity contribution is 5.67. The van der Waals surface area contributed by atoms with E-state index in [1.54, 1.807) is 0 Å². The molecule has 118 valence electrons. The molecule has 0 radical (unpaired) electrons. The molecule has 0 spiro atoms. The monoisotopic (exact) mass is 314 g/mol. The van der Waals surface area contributed by atoms with Gasteiger partial charge >= 0.3 is 6.18 Å². The minimum atomic E-state index is -4.64. The third-order valence-electron chi connectivity index (χ3n) is 3.73. The Labute approximate surface area is 124 Å². The smallest absolute Gasteiger partial charge is 0.327 e. The predicted molar refractivity (Wildman–Crippen MR) is 73.5 cm³/mol. The van der Waals surface area contributed by atoms with Crippen molar-refractivity contribution in [3.63, 3.8) is 0 Å². The second-order valence-electron chi connectivity index (χ2n) is 5.15. The number of anilines is 2. The zero-order chi connectivity index (χ0) is 15.9. The lowest BCUT2D eigenvalue weighted by Crippen LogP contribution is -2.25. The summed E-state index contributed by atoms with van der Waals surface area (Å²) in [5, 5.41) is 10.1. The number of aromatic nitrogens is 2. The summed E-state index contributed by atoms with van der Waals surface area (Å²) in [5.74, 6) is -0.480. The Kier molecular flexibility index (Phi) is 3.56. The van der Waals surface area contributed by atoms with Crippen LogP contribution in [0, 0.1) is 5.82 Å². The third kappa shape index (κ3) is 2.54. The molecule has 4 nitrogen and oxygen atoms in total. The minimum absolute atomic E-state index is 0.123. The maximum atomic E-state index is 13.2. The molecule has 0 saturated carbocycles. The van der Waals surface area contributed by atoms with Crippen LogP contribution < -0.4 is 10.2 Å². The molecule has 0 bridgehead atoms. The molecule has 1 aromatic carbocycles. The fraction of sp³-hybridized carbons (Fsp3) is 0.357. The van der Waals surface area contributed by atoms with Crippen LogP contribution in [-0.2, 0) is 19.1 Å². The second-order valence-corrected chi connectivity index (χ2v) is 5.15. The maximum Gasteiger partial charge on any atom is 0.418 e. The van der Waals surface area contributed by atoms with Gasteiger partial charge in [0.15, 0.2) is 5.82 Å². The van der Waals surface area contributed by atoms with Gasteiger partial charge in [0.1, 0.15) is 5.82 Å². The van der Waals surface area contributed by atoms with Gasteiger partial charge in [0.05, 0.1) is 16.9 Å². The average Bonchev–Trinajstić information content (AvgIpc) is 2.89. The topological polar surface area (TPSA) is 44.0 Å². The molecule has 22 heavy (non-hydrogen) atoms. The number of hydrogen-bond acceptors (Lipinski definition) is 3. The molecule has 0 unspecified atom stereocenters. The van der Waals surface area contributed by atoms with Gasteiger partial charge in [-0.05, 0) is 31.2 Å². The summed E-state index contributed by atoms with van der Waals surface area (Å²) in [4.78, 5) is 1.35. The van der Waals surface area contributed by atoms with Crippen LogP contribution in [0.4, 0.5) is 29.1 Å². The van der Waals surface area contributed by atoms with E-state index in [-0.39, 0.29) is 5.69 Å². The first kappa shape index (κ1) is 14.8. The SMILES string of the molecule is CN(c1ccc(F)cc1C(F)(F)F)c1n[nH]c2c1CCNC2. The van der Waals surface area contributed by atoms with Crippen LogP contribution in [0.25, 0.3) is 0 Å². The van der Waals surface area contributed by atoms with Gasteiger partial charge in [-0.15, -0.1) is 0 Å². The highest BCUT2D eigenvalue weighted by Crippen LogP contribution is 2.39. The van der Waals surface area contributed by atoms with E-state index in [4.69, 9.17) is 0 Å². The Bertz CT molecular complexity index is 693. The molecule has 3 rings (SSSR count). The van der Waals surface area contributed by atoms with E-state index in [9.17, 15) is 17.6 Å². The van der Waals surface area contributed by atoms with E-state index in [0.29, 0.717) is 24.8 Å². The molecule has 0 aliphatic carbocycles. The van der Waals surface area contributed by atoms with E-state index in [1.807, 2.05) is 0 Å². The number of rotatable bonds is 2. The fourth-order valence-corrected chi connectivity index (χ4v) is 2.65. The van der Waals surface area contributed by atoms with Gasteiger partial charge in [0.2, 0.25) is 0 Å². The quantitative estimate of drug-likeness (QED) is 0.838. The molecular weight excluding hydrogens is 300 g/mol. The summed E-state index contributed by atoms with van der Waals surface area (Å²) in [6.45, 7) is 1.34. The first-order valence-electron chi connectivity index (χ1n) is 6.75. The molecule has 1 aliphatic rings. The molecule has 0 saturated heterocycles. The molecule has 2 heterocycles. The van der Waals surface area contributed by atoms with Crippen molar-refractivity contribution in [2.45, 2.75) is 19.1 Å². The normalized spacial score (nSPS) is 14.8. The van der Waals surface area contributed by atoms with Crippen LogP contribution in [0.1, 0.15) is 16.8 Å². The number of aromatic amines is 1. The zero-order valence-electron chi connectivity index (χ0n) is 11.8. The van der Waals surface area contributed by atoms with E-state index in [2.05, 4.69) is 15.5 Å². The molecule has 8 heteroatoms. The van der Waals surface area contributed by atoms with Crippen molar-refractivity contribution in [2.75, 3.05) is 18.5 Å². The molecule has 0 atom stereocenters. The lowest BCUT2D eigenvalue weighted by Gasteiger charge is -2.23. The van der Waals surface area contributed by atoms with Crippen LogP contribution >= 0.6 is 0 Å². The summed E-state index contributed by atoms with van der Waals surface area (Å²) in [6, 6.07) is 2.65. The van der Waals surface area contributed by atoms with Gasteiger partial charge < -0.3 is 10.2 Å². The molecule has 1 aromatic heterocycles.